The molecule has 0 radical (unpaired) electrons. The van der Waals surface area contributed by atoms with Crippen LogP contribution >= 0.6 is 0 Å². The first-order valence-corrected chi connectivity index (χ1v) is 11.5. The largest absolute Gasteiger partial charge is 0.434 e. The molecule has 2 heterocycles. The Morgan fingerprint density at radius 2 is 1.94 bits per heavy atom. The first-order chi connectivity index (χ1) is 16.1. The van der Waals surface area contributed by atoms with Crippen molar-refractivity contribution in [3.05, 3.63) is 53.4 Å². The first-order valence-electron chi connectivity index (χ1n) is 9.99. The van der Waals surface area contributed by atoms with E-state index in [4.69, 9.17) is 10.5 Å². The summed E-state index contributed by atoms with van der Waals surface area (Å²) in [6.45, 7) is 2.86. The smallest absolute Gasteiger partial charge is 0.380 e. The van der Waals surface area contributed by atoms with Crippen molar-refractivity contribution in [3.8, 4) is 0 Å². The Morgan fingerprint density at radius 3 is 2.49 bits per heavy atom. The molecule has 2 aromatic rings. The number of alkyl halides is 3. The van der Waals surface area contributed by atoms with Crippen LogP contribution in [0.1, 0.15) is 35.6 Å². The molecule has 10 nitrogen and oxygen atoms in total. The maximum atomic E-state index is 15.0. The molecule has 1 amide bonds. The molecular formula is C20H22F4N6O4S. The fourth-order valence-corrected chi connectivity index (χ4v) is 5.77. The van der Waals surface area contributed by atoms with Crippen LogP contribution < -0.4 is 11.1 Å². The molecule has 3 rings (SSSR count). The quantitative estimate of drug-likeness (QED) is 0.578. The van der Waals surface area contributed by atoms with Crippen molar-refractivity contribution >= 4 is 27.6 Å². The lowest BCUT2D eigenvalue weighted by atomic mass is 9.85. The zero-order chi connectivity index (χ0) is 26.3. The number of nitrogens with two attached hydrogens (primary N) is 1. The number of anilines is 1. The number of carbonyl (C=O) groups excluding carboxylic acids is 1. The van der Waals surface area contributed by atoms with Crippen LogP contribution in [0.15, 0.2) is 35.6 Å². The van der Waals surface area contributed by atoms with E-state index in [0.717, 1.165) is 16.4 Å². The summed E-state index contributed by atoms with van der Waals surface area (Å²) in [6, 6.07) is 3.33. The summed E-state index contributed by atoms with van der Waals surface area (Å²) in [5.74, 6) is -2.12. The minimum Gasteiger partial charge on any atom is -0.380 e. The van der Waals surface area contributed by atoms with Gasteiger partial charge in [-0.1, -0.05) is 0 Å². The number of sulfonamides is 1. The SMILES string of the molecule is CO[C@@H](C)[C@@H]1[C@@](C)(c2cc(NC(=O)c3cnc(C(F)(F)F)cn3)ccc2F)N=C(N)N(C)S1(=O)=O. The van der Waals surface area contributed by atoms with E-state index in [0.29, 0.717) is 12.4 Å². The molecule has 190 valence electrons. The van der Waals surface area contributed by atoms with Gasteiger partial charge in [0, 0.05) is 25.4 Å². The van der Waals surface area contributed by atoms with Gasteiger partial charge in [-0.25, -0.2) is 32.1 Å². The highest BCUT2D eigenvalue weighted by atomic mass is 32.2. The van der Waals surface area contributed by atoms with Gasteiger partial charge in [0.1, 0.15) is 22.3 Å². The van der Waals surface area contributed by atoms with Gasteiger partial charge < -0.3 is 15.8 Å². The Kier molecular flexibility index (Phi) is 6.78. The summed E-state index contributed by atoms with van der Waals surface area (Å²) in [5, 5.41) is 0.989. The topological polar surface area (TPSA) is 140 Å². The highest BCUT2D eigenvalue weighted by Gasteiger charge is 2.54. The van der Waals surface area contributed by atoms with Crippen molar-refractivity contribution in [1.82, 2.24) is 14.3 Å². The molecular weight excluding hydrogens is 496 g/mol. The highest BCUT2D eigenvalue weighted by Crippen LogP contribution is 2.42. The molecule has 1 aliphatic rings. The van der Waals surface area contributed by atoms with Crippen molar-refractivity contribution < 1.29 is 35.5 Å². The van der Waals surface area contributed by atoms with Gasteiger partial charge in [0.15, 0.2) is 5.69 Å². The summed E-state index contributed by atoms with van der Waals surface area (Å²) in [7, 11) is -1.64. The maximum absolute atomic E-state index is 15.0. The van der Waals surface area contributed by atoms with Crippen LogP contribution in [0.5, 0.6) is 0 Å². The van der Waals surface area contributed by atoms with Gasteiger partial charge in [0.25, 0.3) is 5.91 Å². The van der Waals surface area contributed by atoms with Crippen molar-refractivity contribution in [2.24, 2.45) is 10.7 Å². The van der Waals surface area contributed by atoms with Crippen molar-refractivity contribution in [2.75, 3.05) is 19.5 Å². The van der Waals surface area contributed by atoms with Crippen LogP contribution in [-0.2, 0) is 26.5 Å². The van der Waals surface area contributed by atoms with Crippen molar-refractivity contribution in [3.63, 3.8) is 0 Å². The Labute approximate surface area is 198 Å². The van der Waals surface area contributed by atoms with Gasteiger partial charge in [-0.2, -0.15) is 13.2 Å². The van der Waals surface area contributed by atoms with Gasteiger partial charge >= 0.3 is 6.18 Å². The third-order valence-corrected chi connectivity index (χ3v) is 8.10. The summed E-state index contributed by atoms with van der Waals surface area (Å²) in [5.41, 5.74) is 2.16. The normalized spacial score (nSPS) is 22.9. The van der Waals surface area contributed by atoms with E-state index < -0.39 is 56.2 Å². The molecule has 3 N–H and O–H groups in total. The number of methoxy groups -OCH3 is 1. The van der Waals surface area contributed by atoms with E-state index in [9.17, 15) is 26.4 Å². The average Bonchev–Trinajstić information content (AvgIpc) is 2.78. The second kappa shape index (κ2) is 9.03. The zero-order valence-electron chi connectivity index (χ0n) is 19.0. The van der Waals surface area contributed by atoms with Gasteiger partial charge in [0.2, 0.25) is 16.0 Å². The van der Waals surface area contributed by atoms with E-state index in [1.807, 2.05) is 0 Å². The van der Waals surface area contributed by atoms with Crippen molar-refractivity contribution in [2.45, 2.75) is 36.9 Å². The monoisotopic (exact) mass is 518 g/mol. The number of hydrogen-bond donors (Lipinski definition) is 2. The number of amides is 1. The van der Waals surface area contributed by atoms with E-state index in [1.165, 1.54) is 34.1 Å². The third-order valence-electron chi connectivity index (χ3n) is 5.67. The highest BCUT2D eigenvalue weighted by molar-refractivity contribution is 7.90. The number of rotatable bonds is 5. The van der Waals surface area contributed by atoms with E-state index >= 15 is 4.39 Å². The lowest BCUT2D eigenvalue weighted by molar-refractivity contribution is -0.141. The third kappa shape index (κ3) is 4.77. The minimum absolute atomic E-state index is 0.00300. The van der Waals surface area contributed by atoms with Crippen LogP contribution in [0, 0.1) is 5.82 Å². The molecule has 0 saturated heterocycles. The molecule has 0 fully saturated rings. The van der Waals surface area contributed by atoms with Gasteiger partial charge in [-0.3, -0.25) is 4.79 Å². The lowest BCUT2D eigenvalue weighted by Crippen LogP contribution is -2.60. The van der Waals surface area contributed by atoms with Gasteiger partial charge in [0.05, 0.1) is 18.5 Å². The standard InChI is InChI=1S/C20H22F4N6O4S/c1-10(34-4)16-19(2,29-18(25)30(3)35(16,32)33)12-7-11(5-6-13(12)21)28-17(31)14-8-27-15(9-26-14)20(22,23)24/h5-10,16H,1-4H3,(H2,25,29)(H,28,31)/t10-,16+,19+/m0/s1. The Hall–Kier alpha value is -3.33. The molecule has 1 aromatic carbocycles. The molecule has 1 aliphatic heterocycles. The summed E-state index contributed by atoms with van der Waals surface area (Å²) in [6.07, 6.45) is -4.61. The second-order valence-electron chi connectivity index (χ2n) is 7.92. The number of halogens is 4. The fourth-order valence-electron chi connectivity index (χ4n) is 3.78. The second-order valence-corrected chi connectivity index (χ2v) is 10.0. The summed E-state index contributed by atoms with van der Waals surface area (Å²) in [4.78, 5) is 23.4. The molecule has 0 unspecified atom stereocenters. The molecule has 0 spiro atoms. The molecule has 15 heteroatoms. The fraction of sp³-hybridized carbons (Fsp3) is 0.400. The predicted octanol–water partition coefficient (Wildman–Crippen LogP) is 2.10. The molecule has 35 heavy (non-hydrogen) atoms. The molecule has 3 atom stereocenters. The molecule has 1 aromatic heterocycles. The number of ether oxygens (including phenoxy) is 1. The van der Waals surface area contributed by atoms with Crippen LogP contribution in [0.3, 0.4) is 0 Å². The number of nitrogens with zero attached hydrogens (tertiary/aromatic N) is 4. The Morgan fingerprint density at radius 1 is 1.29 bits per heavy atom. The summed E-state index contributed by atoms with van der Waals surface area (Å²) >= 11 is 0. The number of benzene rings is 1. The number of guanidine groups is 1. The van der Waals surface area contributed by atoms with Crippen LogP contribution in [0.4, 0.5) is 23.2 Å². The van der Waals surface area contributed by atoms with E-state index in [-0.39, 0.29) is 17.2 Å². The van der Waals surface area contributed by atoms with Crippen molar-refractivity contribution in [1.29, 1.82) is 0 Å². The number of hydrogen-bond acceptors (Lipinski definition) is 8. The lowest BCUT2D eigenvalue weighted by Gasteiger charge is -2.43. The summed E-state index contributed by atoms with van der Waals surface area (Å²) < 4.78 is 85.4. The Bertz CT molecular complexity index is 1270. The molecule has 0 aliphatic carbocycles. The van der Waals surface area contributed by atoms with Crippen LogP contribution in [-0.4, -0.2) is 60.1 Å². The Balaban J connectivity index is 2.03. The average molecular weight is 518 g/mol. The maximum Gasteiger partial charge on any atom is 0.434 e. The number of aromatic nitrogens is 2. The molecule has 0 bridgehead atoms. The molecule has 0 saturated carbocycles. The van der Waals surface area contributed by atoms with Crippen LogP contribution in [0.25, 0.3) is 0 Å². The number of aliphatic imine (C=N–C) groups is 1. The predicted molar refractivity (Wildman–Crippen MR) is 117 cm³/mol. The van der Waals surface area contributed by atoms with Gasteiger partial charge in [-0.05, 0) is 32.0 Å². The zero-order valence-corrected chi connectivity index (χ0v) is 19.8. The van der Waals surface area contributed by atoms with E-state index in [2.05, 4.69) is 20.3 Å². The first kappa shape index (κ1) is 26.3. The number of carbonyl (C=O) groups is 1. The van der Waals surface area contributed by atoms with Gasteiger partial charge in [-0.15, -0.1) is 0 Å². The number of nitrogens with one attached hydrogen (secondary N) is 1. The van der Waals surface area contributed by atoms with Crippen LogP contribution in [0.2, 0.25) is 0 Å². The van der Waals surface area contributed by atoms with E-state index in [1.54, 1.807) is 0 Å². The minimum atomic E-state index is -4.73.